The van der Waals surface area contributed by atoms with Crippen molar-refractivity contribution in [3.8, 4) is 22.3 Å². The zero-order valence-corrected chi connectivity index (χ0v) is 47.5. The first-order chi connectivity index (χ1) is 38.2. The Hall–Kier alpha value is -7.98. The van der Waals surface area contributed by atoms with Crippen molar-refractivity contribution >= 4 is 56.1 Å². The molecule has 0 saturated carbocycles. The van der Waals surface area contributed by atoms with Crippen molar-refractivity contribution in [3.63, 3.8) is 0 Å². The molecule has 1 spiro atoms. The van der Waals surface area contributed by atoms with Gasteiger partial charge in [0.15, 0.2) is 5.58 Å². The maximum Gasteiger partial charge on any atom is 2.00 e. The van der Waals surface area contributed by atoms with Crippen LogP contribution in [-0.2, 0) is 29.4 Å². The van der Waals surface area contributed by atoms with E-state index in [0.29, 0.717) is 28.2 Å². The fraction of sp³-hybridized carbons (Fsp3) is 0.118. The molecule has 0 fully saturated rings. The largest absolute Gasteiger partial charge is 2.00 e. The van der Waals surface area contributed by atoms with Crippen LogP contribution in [-0.4, -0.2) is 0 Å². The number of aryl methyl sites for hydroxylation is 1. The maximum absolute atomic E-state index is 14.8. The van der Waals surface area contributed by atoms with E-state index < -0.39 is 46.0 Å². The monoisotopic (exact) mass is 1310 g/mol. The van der Waals surface area contributed by atoms with Crippen LogP contribution < -0.4 is 9.80 Å². The molecule has 0 N–H and O–H groups in total. The molecule has 13 heteroatoms. The topological polar surface area (TPSA) is 19.6 Å². The van der Waals surface area contributed by atoms with Crippen LogP contribution in [0.1, 0.15) is 69.5 Å². The fourth-order valence-corrected chi connectivity index (χ4v) is 12.3. The molecule has 2 aliphatic carbocycles. The second-order valence-electron chi connectivity index (χ2n) is 20.8. The van der Waals surface area contributed by atoms with Crippen molar-refractivity contribution in [2.45, 2.75) is 50.1 Å². The number of rotatable bonds is 7. The summed E-state index contributed by atoms with van der Waals surface area (Å²) in [4.78, 5) is 3.41. The van der Waals surface area contributed by atoms with E-state index in [-0.39, 0.29) is 59.3 Å². The summed E-state index contributed by atoms with van der Waals surface area (Å²) >= 11 is 0. The Morgan fingerprint density at radius 3 is 1.44 bits per heavy atom. The molecule has 0 radical (unpaired) electrons. The number of benzene rings is 10. The number of halogens is 9. The van der Waals surface area contributed by atoms with E-state index in [1.165, 1.54) is 30.3 Å². The van der Waals surface area contributed by atoms with Gasteiger partial charge in [-0.05, 0) is 135 Å². The van der Waals surface area contributed by atoms with E-state index in [0.717, 1.165) is 91.2 Å². The minimum Gasteiger partial charge on any atom is -0.454 e. The summed E-state index contributed by atoms with van der Waals surface area (Å²) in [5.41, 5.74) is 6.76. The van der Waals surface area contributed by atoms with E-state index in [9.17, 15) is 39.5 Å². The van der Waals surface area contributed by atoms with E-state index in [4.69, 9.17) is 4.42 Å². The number of fused-ring (bicyclic) bond motifs is 12. The third kappa shape index (κ3) is 8.65. The van der Waals surface area contributed by atoms with Crippen LogP contribution in [0, 0.1) is 50.2 Å². The van der Waals surface area contributed by atoms with Gasteiger partial charge in [-0.15, -0.1) is 12.1 Å². The van der Waals surface area contributed by atoms with Crippen LogP contribution in [0.5, 0.6) is 0 Å². The first-order valence-electron chi connectivity index (χ1n) is 25.7. The summed E-state index contributed by atoms with van der Waals surface area (Å²) in [6, 6.07) is 63.5. The Bertz CT molecular complexity index is 4260. The second-order valence-corrected chi connectivity index (χ2v) is 20.8. The van der Waals surface area contributed by atoms with Gasteiger partial charge >= 0.3 is 49.6 Å². The van der Waals surface area contributed by atoms with Crippen molar-refractivity contribution in [3.05, 3.63) is 274 Å². The van der Waals surface area contributed by atoms with Gasteiger partial charge in [-0.2, -0.15) is 75.9 Å². The molecule has 11 aromatic rings. The normalized spacial score (nSPS) is 14.0. The number of anilines is 6. The van der Waals surface area contributed by atoms with Crippen molar-refractivity contribution < 1.29 is 75.0 Å². The Labute approximate surface area is 484 Å². The Balaban J connectivity index is 0.00000651. The minimum absolute atomic E-state index is 0. The first-order valence-corrected chi connectivity index (χ1v) is 25.7. The Morgan fingerprint density at radius 2 is 0.877 bits per heavy atom. The van der Waals surface area contributed by atoms with Gasteiger partial charge in [0.2, 0.25) is 0 Å². The molecule has 0 atom stereocenters. The number of hydrogen-bond donors (Lipinski definition) is 0. The average Bonchev–Trinajstić information content (AvgIpc) is 4.06. The van der Waals surface area contributed by atoms with Crippen LogP contribution in [0.3, 0.4) is 0 Å². The van der Waals surface area contributed by atoms with Crippen molar-refractivity contribution in [2.75, 3.05) is 9.80 Å². The maximum atomic E-state index is 14.8. The number of furan rings is 1. The van der Waals surface area contributed by atoms with E-state index in [2.05, 4.69) is 50.2 Å². The van der Waals surface area contributed by atoms with Gasteiger partial charge in [-0.1, -0.05) is 117 Å². The molecular formula is C68H43F9N2OU. The molecule has 0 saturated heterocycles. The number of alkyl halides is 9. The quantitative estimate of drug-likeness (QED) is 0.117. The second kappa shape index (κ2) is 19.3. The molecule has 13 rings (SSSR count). The predicted octanol–water partition coefficient (Wildman–Crippen LogP) is 20.2. The van der Waals surface area contributed by atoms with E-state index >= 15 is 0 Å². The molecule has 0 aliphatic heterocycles. The van der Waals surface area contributed by atoms with E-state index in [1.54, 1.807) is 40.1 Å². The first kappa shape index (κ1) is 53.7. The minimum atomic E-state index is -4.74. The molecule has 3 nitrogen and oxygen atoms in total. The SMILES string of the molecule is Cc1cccc2c1oc1c(N(c3cccc(C(F)(F)F)c3)c3ccc4c(c3)C3(c5cc(N(c6[c-]c(-c7[c-]c(C(F)(F)F)ccc7)ccc6)c6cccc(C(F)(F)F)c6)ccc5-4)c4ccccc4C(C)(C)c4ccccc43)cccc12.[U+2]. The van der Waals surface area contributed by atoms with Gasteiger partial charge in [-0.25, -0.2) is 11.1 Å². The van der Waals surface area contributed by atoms with E-state index in [1.807, 2.05) is 97.9 Å². The van der Waals surface area contributed by atoms with Gasteiger partial charge in [0.25, 0.3) is 0 Å². The molecular weight excluding hydrogens is 1270 g/mol. The Morgan fingerprint density at radius 1 is 0.407 bits per heavy atom. The van der Waals surface area contributed by atoms with Gasteiger partial charge in [0.05, 0.1) is 22.2 Å². The molecule has 10 aromatic carbocycles. The summed E-state index contributed by atoms with van der Waals surface area (Å²) < 4.78 is 137. The van der Waals surface area contributed by atoms with Gasteiger partial charge < -0.3 is 14.2 Å². The molecule has 0 unspecified atom stereocenters. The van der Waals surface area contributed by atoms with Gasteiger partial charge in [0.1, 0.15) is 5.58 Å². The van der Waals surface area contributed by atoms with Crippen molar-refractivity contribution in [2.24, 2.45) is 0 Å². The van der Waals surface area contributed by atoms with Gasteiger partial charge in [-0.3, -0.25) is 0 Å². The third-order valence-corrected chi connectivity index (χ3v) is 15.8. The average molecular weight is 1310 g/mol. The molecule has 1 heterocycles. The zero-order chi connectivity index (χ0) is 55.7. The summed E-state index contributed by atoms with van der Waals surface area (Å²) in [5.74, 6) is 0. The van der Waals surface area contributed by atoms with Gasteiger partial charge in [0, 0.05) is 38.9 Å². The summed E-state index contributed by atoms with van der Waals surface area (Å²) in [6.45, 7) is 6.26. The summed E-state index contributed by atoms with van der Waals surface area (Å²) in [5, 5.41) is 1.62. The molecule has 2 aliphatic rings. The van der Waals surface area contributed by atoms with Crippen LogP contribution >= 0.6 is 0 Å². The summed E-state index contributed by atoms with van der Waals surface area (Å²) in [7, 11) is 0. The number of hydrogen-bond acceptors (Lipinski definition) is 3. The molecule has 1 aromatic heterocycles. The van der Waals surface area contributed by atoms with Crippen molar-refractivity contribution in [1.82, 2.24) is 0 Å². The van der Waals surface area contributed by atoms with Crippen LogP contribution in [0.2, 0.25) is 0 Å². The predicted molar refractivity (Wildman–Crippen MR) is 295 cm³/mol. The van der Waals surface area contributed by atoms with Crippen molar-refractivity contribution in [1.29, 1.82) is 0 Å². The number of para-hydroxylation sites is 2. The number of nitrogens with zero attached hydrogens (tertiary/aromatic N) is 2. The smallest absolute Gasteiger partial charge is 0.454 e. The Kier molecular flexibility index (Phi) is 12.8. The van der Waals surface area contributed by atoms with Crippen LogP contribution in [0.25, 0.3) is 44.2 Å². The fourth-order valence-electron chi connectivity index (χ4n) is 12.3. The van der Waals surface area contributed by atoms with Crippen LogP contribution in [0.4, 0.5) is 73.6 Å². The molecule has 0 bridgehead atoms. The van der Waals surface area contributed by atoms with Crippen LogP contribution in [0.15, 0.2) is 211 Å². The molecule has 398 valence electrons. The third-order valence-electron chi connectivity index (χ3n) is 15.8. The zero-order valence-electron chi connectivity index (χ0n) is 43.3. The summed E-state index contributed by atoms with van der Waals surface area (Å²) in [6.07, 6.45) is -14.1. The molecule has 81 heavy (non-hydrogen) atoms. The standard InChI is InChI=1S/C68H43F9N2O.U/c1-40-14-8-23-53-54-24-13-29-61(63(54)80-62(40)53)79(48-22-12-19-45(37-48)68(75,76)77)50-31-33-52-51-32-30-49(38-59(51)65(60(52)39-50)57-27-6-4-25-55(57)64(2,3)56-26-5-7-28-58(56)65)78(47-21-11-18-44(36-47)67(72,73)74)46-20-10-16-42(35-46)41-15-9-17-43(34-41)66(69,70)71;/h4-33,36-39H,1-3H3;/q-2;+2. The molecule has 0 amide bonds.